The number of hydrogen-bond donors (Lipinski definition) is 16. The van der Waals surface area contributed by atoms with Gasteiger partial charge in [-0.15, -0.1) is 0 Å². The normalized spacial score (nSPS) is 20.4. The number of likely N-dealkylation sites (N-methyl/N-ethyl adjacent to an activating group) is 2. The van der Waals surface area contributed by atoms with E-state index in [-0.39, 0.29) is 156 Å². The van der Waals surface area contributed by atoms with Crippen molar-refractivity contribution in [3.05, 3.63) is 93.0 Å². The van der Waals surface area contributed by atoms with Crippen LogP contribution in [0.25, 0.3) is 0 Å². The van der Waals surface area contributed by atoms with Crippen LogP contribution in [0.2, 0.25) is 0 Å². The number of rotatable bonds is 0. The molecule has 0 saturated heterocycles. The summed E-state index contributed by atoms with van der Waals surface area (Å²) in [6.07, 6.45) is 0. The fourth-order valence-electron chi connectivity index (χ4n) is 8.75. The lowest BCUT2D eigenvalue weighted by molar-refractivity contribution is 0.0905. The molecule has 3 unspecified atom stereocenters. The monoisotopic (exact) mass is 1130 g/mol. The van der Waals surface area contributed by atoms with Crippen LogP contribution in [0, 0.1) is 0 Å². The molecule has 8 amide bonds. The SMILES string of the molecule is CC1CN2CCNC(=O)c3ccc(c(O)c3O)C(=O)NCCN(C)CCNC(=O)c3ccc(c(O)c3O)C(=O)NCCN(CCNC(=O)c3ccc(c(O)c3O)C(=O)NCCN(C)CCNC(=O)c3ccc(c(O)c3O)C(=O)N1)CC2. The van der Waals surface area contributed by atoms with Crippen LogP contribution >= 0.6 is 0 Å². The predicted octanol–water partition coefficient (Wildman–Crippen LogP) is -1.85. The maximum atomic E-state index is 13.7. The van der Waals surface area contributed by atoms with Gasteiger partial charge < -0.3 is 93.2 Å². The topological polar surface area (TPSA) is 408 Å². The summed E-state index contributed by atoms with van der Waals surface area (Å²) >= 11 is 0. The minimum absolute atomic E-state index is 0.0455. The Balaban J connectivity index is 1.30. The van der Waals surface area contributed by atoms with Crippen molar-refractivity contribution in [1.82, 2.24) is 62.1 Å². The van der Waals surface area contributed by atoms with E-state index in [1.807, 2.05) is 0 Å². The van der Waals surface area contributed by atoms with E-state index in [9.17, 15) is 79.2 Å². The summed E-state index contributed by atoms with van der Waals surface area (Å²) in [6, 6.07) is 8.55. The summed E-state index contributed by atoms with van der Waals surface area (Å²) in [5, 5.41) is 108. The summed E-state index contributed by atoms with van der Waals surface area (Å²) in [5.74, 6) is -13.2. The molecule has 0 spiro atoms. The van der Waals surface area contributed by atoms with Crippen LogP contribution in [0.5, 0.6) is 46.0 Å². The number of phenols is 8. The zero-order valence-electron chi connectivity index (χ0n) is 44.8. The van der Waals surface area contributed by atoms with E-state index in [0.29, 0.717) is 0 Å². The van der Waals surface area contributed by atoms with Gasteiger partial charge in [-0.1, -0.05) is 0 Å². The Morgan fingerprint density at radius 3 is 0.753 bits per heavy atom. The van der Waals surface area contributed by atoms with Crippen molar-refractivity contribution in [3.63, 3.8) is 0 Å². The average molecular weight is 1130 g/mol. The quantitative estimate of drug-likeness (QED) is 0.0860. The standard InChI is InChI=1S/C53H68N12O16/c1-29-28-65-25-18-60-52(80)35-9-6-32(40(68)43(35)71)48(76)56-13-20-62(2)19-12-54-46(74)30-4-7-33(41(69)38(30)66)50(78)58-16-23-64(26-27-65)24-17-59-51(79)34-8-5-31(39(67)42(34)70)47(75)55-14-21-63(3)22-15-57-49(77)36-10-11-37(53(81)61-29)45(73)44(36)72/h4-11,29,66-73H,12-28H2,1-3H3,(H,54,74)(H,55,75)(H,56,76)(H,57,77)(H,58,78)(H,59,79)(H,60,80)(H,61,81). The van der Waals surface area contributed by atoms with Crippen LogP contribution in [-0.4, -0.2) is 239 Å². The Hall–Kier alpha value is -9.12. The third-order valence-corrected chi connectivity index (χ3v) is 13.5. The third kappa shape index (κ3) is 15.8. The zero-order chi connectivity index (χ0) is 59.1. The second-order valence-electron chi connectivity index (χ2n) is 19.3. The maximum absolute atomic E-state index is 13.7. The molecule has 4 aromatic carbocycles. The molecule has 436 valence electrons. The van der Waals surface area contributed by atoms with E-state index < -0.39 is 99.3 Å². The van der Waals surface area contributed by atoms with E-state index in [1.165, 1.54) is 6.07 Å². The Morgan fingerprint density at radius 1 is 0.309 bits per heavy atom. The molecule has 3 atom stereocenters. The molecular weight excluding hydrogens is 1060 g/mol. The summed E-state index contributed by atoms with van der Waals surface area (Å²) < 4.78 is 0. The Labute approximate surface area is 464 Å². The molecule has 0 fully saturated rings. The van der Waals surface area contributed by atoms with Crippen molar-refractivity contribution in [2.24, 2.45) is 0 Å². The first-order valence-corrected chi connectivity index (χ1v) is 25.9. The first-order valence-electron chi connectivity index (χ1n) is 25.9. The summed E-state index contributed by atoms with van der Waals surface area (Å²) in [5.41, 5.74) is -2.72. The Bertz CT molecular complexity index is 2950. The molecule has 4 aromatic rings. The van der Waals surface area contributed by atoms with Gasteiger partial charge in [-0.3, -0.25) is 48.2 Å². The maximum Gasteiger partial charge on any atom is 0.255 e. The van der Waals surface area contributed by atoms with Crippen LogP contribution in [-0.2, 0) is 0 Å². The van der Waals surface area contributed by atoms with Gasteiger partial charge >= 0.3 is 0 Å². The van der Waals surface area contributed by atoms with Crippen LogP contribution in [0.3, 0.4) is 0 Å². The third-order valence-electron chi connectivity index (χ3n) is 13.5. The number of hydrogen-bond acceptors (Lipinski definition) is 20. The largest absolute Gasteiger partial charge is 0.504 e. The molecule has 0 aromatic heterocycles. The minimum atomic E-state index is -0.866. The van der Waals surface area contributed by atoms with Crippen LogP contribution < -0.4 is 42.5 Å². The Morgan fingerprint density at radius 2 is 0.506 bits per heavy atom. The highest BCUT2D eigenvalue weighted by atomic mass is 16.3. The fourth-order valence-corrected chi connectivity index (χ4v) is 8.75. The molecule has 0 radical (unpaired) electrons. The highest BCUT2D eigenvalue weighted by Gasteiger charge is 2.27. The van der Waals surface area contributed by atoms with Crippen LogP contribution in [0.1, 0.15) is 89.8 Å². The molecular formula is C53H68N12O16. The number of carbonyl (C=O) groups excluding carboxylic acids is 8. The average Bonchev–Trinajstić information content (AvgIpc) is 3.46. The molecule has 28 nitrogen and oxygen atoms in total. The molecule has 81 heavy (non-hydrogen) atoms. The molecule has 8 aliphatic rings. The van der Waals surface area contributed by atoms with Crippen molar-refractivity contribution in [1.29, 1.82) is 0 Å². The lowest BCUT2D eigenvalue weighted by Crippen LogP contribution is -2.48. The molecule has 16 N–H and O–H groups in total. The molecule has 8 heterocycles. The first-order chi connectivity index (χ1) is 38.6. The molecule has 0 aliphatic carbocycles. The van der Waals surface area contributed by atoms with Gasteiger partial charge in [-0.05, 0) is 69.6 Å². The minimum Gasteiger partial charge on any atom is -0.504 e. The molecule has 12 rings (SSSR count). The van der Waals surface area contributed by atoms with E-state index in [0.717, 1.165) is 42.5 Å². The van der Waals surface area contributed by atoms with Gasteiger partial charge in [0, 0.05) is 117 Å². The summed E-state index contributed by atoms with van der Waals surface area (Å²) in [7, 11) is 3.39. The van der Waals surface area contributed by atoms with E-state index >= 15 is 0 Å². The smallest absolute Gasteiger partial charge is 0.255 e. The number of phenolic OH excluding ortho intramolecular Hbond substituents is 8. The molecule has 10 bridgehead atoms. The number of aromatic hydroxyl groups is 8. The van der Waals surface area contributed by atoms with Gasteiger partial charge in [-0.25, -0.2) is 0 Å². The van der Waals surface area contributed by atoms with Gasteiger partial charge in [-0.2, -0.15) is 0 Å². The first kappa shape index (κ1) is 61.1. The molecule has 8 aliphatic heterocycles. The number of carbonyl (C=O) groups is 8. The van der Waals surface area contributed by atoms with Crippen molar-refractivity contribution >= 4 is 47.3 Å². The van der Waals surface area contributed by atoms with Gasteiger partial charge in [0.15, 0.2) is 46.0 Å². The number of benzene rings is 4. The Kier molecular flexibility index (Phi) is 21.2. The van der Waals surface area contributed by atoms with Crippen molar-refractivity contribution < 1.29 is 79.2 Å². The number of nitrogens with one attached hydrogen (secondary N) is 8. The number of amides is 8. The predicted molar refractivity (Wildman–Crippen MR) is 290 cm³/mol. The van der Waals surface area contributed by atoms with Gasteiger partial charge in [0.1, 0.15) is 0 Å². The van der Waals surface area contributed by atoms with E-state index in [2.05, 4.69) is 42.5 Å². The summed E-state index contributed by atoms with van der Waals surface area (Å²) in [4.78, 5) is 113. The lowest BCUT2D eigenvalue weighted by atomic mass is 10.1. The van der Waals surface area contributed by atoms with E-state index in [1.54, 1.807) is 40.6 Å². The highest BCUT2D eigenvalue weighted by Crippen LogP contribution is 2.36. The number of nitrogens with zero attached hydrogens (tertiary/aromatic N) is 4. The van der Waals surface area contributed by atoms with Crippen molar-refractivity contribution in [2.45, 2.75) is 13.0 Å². The van der Waals surface area contributed by atoms with Gasteiger partial charge in [0.2, 0.25) is 0 Å². The lowest BCUT2D eigenvalue weighted by Gasteiger charge is -2.30. The second-order valence-corrected chi connectivity index (χ2v) is 19.3. The molecule has 0 saturated carbocycles. The van der Waals surface area contributed by atoms with Crippen LogP contribution in [0.15, 0.2) is 48.5 Å². The van der Waals surface area contributed by atoms with Crippen molar-refractivity contribution in [2.75, 3.05) is 125 Å². The summed E-state index contributed by atoms with van der Waals surface area (Å²) in [6.45, 7) is 3.07. The molecule has 28 heteroatoms. The fraction of sp³-hybridized carbons (Fsp3) is 0.396. The van der Waals surface area contributed by atoms with Crippen LogP contribution in [0.4, 0.5) is 0 Å². The second kappa shape index (κ2) is 28.2. The van der Waals surface area contributed by atoms with Gasteiger partial charge in [0.05, 0.1) is 44.5 Å². The van der Waals surface area contributed by atoms with Gasteiger partial charge in [0.25, 0.3) is 47.3 Å². The zero-order valence-corrected chi connectivity index (χ0v) is 44.8. The van der Waals surface area contributed by atoms with E-state index in [4.69, 9.17) is 0 Å². The highest BCUT2D eigenvalue weighted by molar-refractivity contribution is 6.05. The van der Waals surface area contributed by atoms with Crippen molar-refractivity contribution in [3.8, 4) is 46.0 Å².